The molecule has 1 fully saturated rings. The quantitative estimate of drug-likeness (QED) is 0.575. The molecule has 1 aliphatic rings. The van der Waals surface area contributed by atoms with Crippen LogP contribution in [0.3, 0.4) is 0 Å². The van der Waals surface area contributed by atoms with Gasteiger partial charge in [-0.15, -0.1) is 0 Å². The first-order chi connectivity index (χ1) is 11.2. The van der Waals surface area contributed by atoms with E-state index in [4.69, 9.17) is 13.7 Å². The monoisotopic (exact) mass is 356 g/mol. The van der Waals surface area contributed by atoms with Crippen molar-refractivity contribution in [3.8, 4) is 5.75 Å². The van der Waals surface area contributed by atoms with E-state index in [1.807, 2.05) is 24.3 Å². The van der Waals surface area contributed by atoms with Crippen molar-refractivity contribution in [2.75, 3.05) is 20.0 Å². The Morgan fingerprint density at radius 1 is 1.21 bits per heavy atom. The van der Waals surface area contributed by atoms with Gasteiger partial charge < -0.3 is 9.47 Å². The fraction of sp³-hybridized carbons (Fsp3) is 0.588. The summed E-state index contributed by atoms with van der Waals surface area (Å²) in [6.45, 7) is 1.67. The summed E-state index contributed by atoms with van der Waals surface area (Å²) in [6.07, 6.45) is 3.32. The van der Waals surface area contributed by atoms with Crippen LogP contribution in [0, 0.1) is 0 Å². The number of carbonyl (C=O) groups excluding carboxylic acids is 1. The van der Waals surface area contributed by atoms with E-state index in [9.17, 15) is 13.2 Å². The minimum absolute atomic E-state index is 0.278. The number of methoxy groups -OCH3 is 1. The molecular weight excluding hydrogens is 332 g/mol. The van der Waals surface area contributed by atoms with Gasteiger partial charge in [-0.3, -0.25) is 8.98 Å². The second-order valence-electron chi connectivity index (χ2n) is 6.29. The van der Waals surface area contributed by atoms with Crippen LogP contribution in [-0.2, 0) is 29.2 Å². The molecule has 0 bridgehead atoms. The molecule has 1 saturated carbocycles. The molecule has 0 saturated heterocycles. The van der Waals surface area contributed by atoms with E-state index in [2.05, 4.69) is 0 Å². The normalized spacial score (nSPS) is 24.4. The molecule has 0 atom stereocenters. The van der Waals surface area contributed by atoms with Crippen molar-refractivity contribution in [1.82, 2.24) is 0 Å². The predicted octanol–water partition coefficient (Wildman–Crippen LogP) is 2.41. The Bertz CT molecular complexity index is 657. The van der Waals surface area contributed by atoms with Gasteiger partial charge in [0, 0.05) is 12.3 Å². The lowest BCUT2D eigenvalue weighted by atomic mass is 9.69. The summed E-state index contributed by atoms with van der Waals surface area (Å²) >= 11 is 0. The molecule has 0 radical (unpaired) electrons. The molecule has 0 spiro atoms. The first kappa shape index (κ1) is 18.7. The Kier molecular flexibility index (Phi) is 5.87. The van der Waals surface area contributed by atoms with Crippen molar-refractivity contribution >= 4 is 16.1 Å². The van der Waals surface area contributed by atoms with Gasteiger partial charge in [0.05, 0.1) is 19.5 Å². The zero-order chi connectivity index (χ0) is 17.8. The largest absolute Gasteiger partial charge is 0.497 e. The van der Waals surface area contributed by atoms with Crippen LogP contribution < -0.4 is 4.74 Å². The van der Waals surface area contributed by atoms with Gasteiger partial charge >= 0.3 is 5.97 Å². The lowest BCUT2D eigenvalue weighted by Gasteiger charge is -2.39. The minimum Gasteiger partial charge on any atom is -0.497 e. The van der Waals surface area contributed by atoms with Gasteiger partial charge in [0.25, 0.3) is 10.1 Å². The third-order valence-corrected chi connectivity index (χ3v) is 5.08. The Labute approximate surface area is 143 Å². The number of ether oxygens (including phenoxy) is 2. The van der Waals surface area contributed by atoms with E-state index >= 15 is 0 Å². The summed E-state index contributed by atoms with van der Waals surface area (Å²) in [5.74, 6) is 0.438. The predicted molar refractivity (Wildman–Crippen MR) is 89.5 cm³/mol. The van der Waals surface area contributed by atoms with E-state index in [1.54, 1.807) is 7.11 Å². The molecule has 0 aromatic heterocycles. The Morgan fingerprint density at radius 3 is 2.25 bits per heavy atom. The fourth-order valence-corrected chi connectivity index (χ4v) is 3.87. The van der Waals surface area contributed by atoms with Crippen molar-refractivity contribution in [2.24, 2.45) is 0 Å². The van der Waals surface area contributed by atoms with Crippen LogP contribution in [0.4, 0.5) is 0 Å². The maximum absolute atomic E-state index is 11.3. The van der Waals surface area contributed by atoms with Gasteiger partial charge in [-0.25, -0.2) is 0 Å². The highest BCUT2D eigenvalue weighted by molar-refractivity contribution is 7.86. The zero-order valence-corrected chi connectivity index (χ0v) is 15.1. The van der Waals surface area contributed by atoms with Crippen LogP contribution in [0.5, 0.6) is 5.75 Å². The standard InChI is InChI=1S/C17H24O6S/c1-13(18)22-12-17(14-4-6-15(21-2)7-5-14)10-8-16(9-11-17)23-24(3,19)20/h4-7,16H,8-12H2,1-3H3/t16-,17+. The average Bonchev–Trinajstić information content (AvgIpc) is 2.53. The van der Waals surface area contributed by atoms with E-state index in [-0.39, 0.29) is 24.1 Å². The van der Waals surface area contributed by atoms with E-state index in [0.29, 0.717) is 25.7 Å². The SMILES string of the molecule is COc1ccc([C@]2(COC(C)=O)CC[C@H](OS(C)(=O)=O)CC2)cc1. The van der Waals surface area contributed by atoms with Gasteiger partial charge in [0.1, 0.15) is 12.4 Å². The Morgan fingerprint density at radius 2 is 1.79 bits per heavy atom. The van der Waals surface area contributed by atoms with Crippen LogP contribution in [-0.4, -0.2) is 40.5 Å². The highest BCUT2D eigenvalue weighted by atomic mass is 32.2. The fourth-order valence-electron chi connectivity index (χ4n) is 3.19. The average molecular weight is 356 g/mol. The molecule has 0 amide bonds. The molecule has 0 unspecified atom stereocenters. The number of hydrogen-bond acceptors (Lipinski definition) is 6. The van der Waals surface area contributed by atoms with Crippen LogP contribution in [0.25, 0.3) is 0 Å². The topological polar surface area (TPSA) is 78.9 Å². The zero-order valence-electron chi connectivity index (χ0n) is 14.3. The van der Waals surface area contributed by atoms with Gasteiger partial charge in [0.2, 0.25) is 0 Å². The van der Waals surface area contributed by atoms with Crippen LogP contribution in [0.2, 0.25) is 0 Å². The molecule has 1 aromatic rings. The Balaban J connectivity index is 2.17. The molecule has 6 nitrogen and oxygen atoms in total. The van der Waals surface area contributed by atoms with Crippen LogP contribution in [0.15, 0.2) is 24.3 Å². The number of hydrogen-bond donors (Lipinski definition) is 0. The van der Waals surface area contributed by atoms with Gasteiger partial charge in [-0.2, -0.15) is 8.42 Å². The third-order valence-electron chi connectivity index (χ3n) is 4.45. The summed E-state index contributed by atoms with van der Waals surface area (Å²) in [4.78, 5) is 11.3. The van der Waals surface area contributed by atoms with E-state index < -0.39 is 10.1 Å². The van der Waals surface area contributed by atoms with Gasteiger partial charge in [-0.1, -0.05) is 12.1 Å². The number of rotatable bonds is 6. The summed E-state index contributed by atoms with van der Waals surface area (Å²) in [5.41, 5.74) is 0.734. The van der Waals surface area contributed by atoms with Crippen molar-refractivity contribution in [3.05, 3.63) is 29.8 Å². The Hall–Kier alpha value is -1.60. The number of carbonyl (C=O) groups is 1. The molecular formula is C17H24O6S. The first-order valence-corrected chi connectivity index (χ1v) is 9.72. The minimum atomic E-state index is -3.46. The smallest absolute Gasteiger partial charge is 0.302 e. The second-order valence-corrected chi connectivity index (χ2v) is 7.89. The molecule has 1 aliphatic carbocycles. The highest BCUT2D eigenvalue weighted by Crippen LogP contribution is 2.41. The molecule has 0 heterocycles. The molecule has 24 heavy (non-hydrogen) atoms. The summed E-state index contributed by atoms with van der Waals surface area (Å²) in [7, 11) is -1.85. The van der Waals surface area contributed by atoms with E-state index in [1.165, 1.54) is 6.92 Å². The summed E-state index contributed by atoms with van der Waals surface area (Å²) < 4.78 is 38.2. The first-order valence-electron chi connectivity index (χ1n) is 7.90. The lowest BCUT2D eigenvalue weighted by Crippen LogP contribution is -2.39. The van der Waals surface area contributed by atoms with Gasteiger partial charge in [0.15, 0.2) is 0 Å². The molecule has 0 N–H and O–H groups in total. The van der Waals surface area contributed by atoms with Crippen LogP contribution in [0.1, 0.15) is 38.2 Å². The lowest BCUT2D eigenvalue weighted by molar-refractivity contribution is -0.143. The molecule has 134 valence electrons. The molecule has 1 aromatic carbocycles. The third kappa shape index (κ3) is 4.95. The van der Waals surface area contributed by atoms with Crippen LogP contribution >= 0.6 is 0 Å². The van der Waals surface area contributed by atoms with Crippen molar-refractivity contribution < 1.29 is 26.9 Å². The second kappa shape index (κ2) is 7.53. The molecule has 0 aliphatic heterocycles. The number of esters is 1. The van der Waals surface area contributed by atoms with E-state index in [0.717, 1.165) is 17.6 Å². The number of benzene rings is 1. The maximum Gasteiger partial charge on any atom is 0.302 e. The van der Waals surface area contributed by atoms with Crippen molar-refractivity contribution in [3.63, 3.8) is 0 Å². The summed E-state index contributed by atoms with van der Waals surface area (Å²) in [5, 5.41) is 0. The molecule has 7 heteroatoms. The van der Waals surface area contributed by atoms with Crippen molar-refractivity contribution in [2.45, 2.75) is 44.1 Å². The maximum atomic E-state index is 11.3. The van der Waals surface area contributed by atoms with Gasteiger partial charge in [-0.05, 0) is 43.4 Å². The van der Waals surface area contributed by atoms with Crippen molar-refractivity contribution in [1.29, 1.82) is 0 Å². The highest BCUT2D eigenvalue weighted by Gasteiger charge is 2.39. The molecule has 2 rings (SSSR count). The summed E-state index contributed by atoms with van der Waals surface area (Å²) in [6, 6.07) is 7.70.